The molecule has 0 bridgehead atoms. The molecule has 1 atom stereocenters. The fraction of sp³-hybridized carbons (Fsp3) is 0.611. The minimum absolute atomic E-state index is 0.0368. The van der Waals surface area contributed by atoms with Gasteiger partial charge in [-0.1, -0.05) is 44.0 Å². The number of nitrogens with one attached hydrogen (secondary N) is 2. The Kier molecular flexibility index (Phi) is 4.29. The zero-order valence-electron chi connectivity index (χ0n) is 13.0. The molecule has 1 unspecified atom stereocenters. The maximum atomic E-state index is 12.6. The van der Waals surface area contributed by atoms with Gasteiger partial charge in [0.15, 0.2) is 0 Å². The van der Waals surface area contributed by atoms with Crippen molar-refractivity contribution in [3.05, 3.63) is 35.4 Å². The third-order valence-electron chi connectivity index (χ3n) is 5.46. The van der Waals surface area contributed by atoms with Gasteiger partial charge in [-0.15, -0.1) is 0 Å². The molecule has 0 spiro atoms. The lowest BCUT2D eigenvalue weighted by Gasteiger charge is -2.30. The van der Waals surface area contributed by atoms with Crippen LogP contribution in [0.1, 0.15) is 56.1 Å². The van der Waals surface area contributed by atoms with Crippen molar-refractivity contribution >= 4 is 5.91 Å². The van der Waals surface area contributed by atoms with Crippen molar-refractivity contribution in [3.63, 3.8) is 0 Å². The molecular weight excluding hydrogens is 260 g/mol. The molecule has 1 aliphatic carbocycles. The number of amides is 1. The van der Waals surface area contributed by atoms with Gasteiger partial charge in [-0.25, -0.2) is 0 Å². The summed E-state index contributed by atoms with van der Waals surface area (Å²) < 4.78 is 0. The second kappa shape index (κ2) is 6.18. The molecule has 0 saturated heterocycles. The van der Waals surface area contributed by atoms with Gasteiger partial charge in [0, 0.05) is 19.6 Å². The average molecular weight is 286 g/mol. The Bertz CT molecular complexity index is 506. The normalized spacial score (nSPS) is 23.6. The van der Waals surface area contributed by atoms with E-state index in [1.807, 2.05) is 12.1 Å². The van der Waals surface area contributed by atoms with Crippen molar-refractivity contribution < 1.29 is 4.79 Å². The number of benzene rings is 1. The monoisotopic (exact) mass is 286 g/mol. The molecule has 0 aromatic heterocycles. The maximum Gasteiger partial charge on any atom is 0.228 e. The van der Waals surface area contributed by atoms with Crippen molar-refractivity contribution in [2.24, 2.45) is 5.41 Å². The summed E-state index contributed by atoms with van der Waals surface area (Å²) in [4.78, 5) is 12.6. The molecule has 3 heteroatoms. The summed E-state index contributed by atoms with van der Waals surface area (Å²) in [7, 11) is 0. The van der Waals surface area contributed by atoms with E-state index in [2.05, 4.69) is 29.7 Å². The number of hydrogen-bond donors (Lipinski definition) is 2. The maximum absolute atomic E-state index is 12.6. The highest BCUT2D eigenvalue weighted by Gasteiger charge is 2.33. The Morgan fingerprint density at radius 2 is 2.10 bits per heavy atom. The minimum Gasteiger partial charge on any atom is -0.355 e. The molecule has 1 aromatic rings. The first-order valence-corrected chi connectivity index (χ1v) is 8.30. The second-order valence-corrected chi connectivity index (χ2v) is 6.66. The molecule has 1 aliphatic heterocycles. The van der Waals surface area contributed by atoms with Gasteiger partial charge in [-0.3, -0.25) is 4.79 Å². The van der Waals surface area contributed by atoms with Crippen LogP contribution in [0, 0.1) is 5.41 Å². The van der Waals surface area contributed by atoms with E-state index >= 15 is 0 Å². The third-order valence-corrected chi connectivity index (χ3v) is 5.46. The van der Waals surface area contributed by atoms with E-state index in [4.69, 9.17) is 0 Å². The standard InChI is InChI=1S/C18H26N2O/c1-2-18(9-5-6-10-18)13-20-17(21)16-12-19-11-14-7-3-4-8-15(14)16/h3-4,7-8,16,19H,2,5-6,9-13H2,1H3,(H,20,21). The summed E-state index contributed by atoms with van der Waals surface area (Å²) in [6.07, 6.45) is 6.34. The Morgan fingerprint density at radius 3 is 2.86 bits per heavy atom. The summed E-state index contributed by atoms with van der Waals surface area (Å²) in [5.41, 5.74) is 2.82. The zero-order valence-corrected chi connectivity index (χ0v) is 13.0. The molecule has 21 heavy (non-hydrogen) atoms. The lowest BCUT2D eigenvalue weighted by molar-refractivity contribution is -0.123. The van der Waals surface area contributed by atoms with Crippen molar-refractivity contribution in [1.29, 1.82) is 0 Å². The van der Waals surface area contributed by atoms with E-state index in [0.29, 0.717) is 5.41 Å². The van der Waals surface area contributed by atoms with Crippen LogP contribution >= 0.6 is 0 Å². The molecule has 1 amide bonds. The number of hydrogen-bond acceptors (Lipinski definition) is 2. The topological polar surface area (TPSA) is 41.1 Å². The Hall–Kier alpha value is -1.35. The molecular formula is C18H26N2O. The lowest BCUT2D eigenvalue weighted by atomic mass is 9.83. The van der Waals surface area contributed by atoms with Crippen LogP contribution in [-0.2, 0) is 11.3 Å². The van der Waals surface area contributed by atoms with Gasteiger partial charge < -0.3 is 10.6 Å². The van der Waals surface area contributed by atoms with E-state index in [9.17, 15) is 4.79 Å². The second-order valence-electron chi connectivity index (χ2n) is 6.66. The summed E-state index contributed by atoms with van der Waals surface area (Å²) in [5, 5.41) is 6.61. The third kappa shape index (κ3) is 2.98. The first kappa shape index (κ1) is 14.6. The Balaban J connectivity index is 1.66. The summed E-state index contributed by atoms with van der Waals surface area (Å²) >= 11 is 0. The predicted octanol–water partition coefficient (Wildman–Crippen LogP) is 2.96. The molecule has 2 aliphatic rings. The SMILES string of the molecule is CCC1(CNC(=O)C2CNCc3ccccc32)CCCC1. The molecule has 2 N–H and O–H groups in total. The highest BCUT2D eigenvalue weighted by atomic mass is 16.1. The minimum atomic E-state index is -0.0368. The fourth-order valence-corrected chi connectivity index (χ4v) is 3.91. The largest absolute Gasteiger partial charge is 0.355 e. The van der Waals surface area contributed by atoms with Crippen LogP contribution in [0.25, 0.3) is 0 Å². The van der Waals surface area contributed by atoms with Gasteiger partial charge in [0.2, 0.25) is 5.91 Å². The highest BCUT2D eigenvalue weighted by Crippen LogP contribution is 2.40. The van der Waals surface area contributed by atoms with Crippen LogP contribution in [0.5, 0.6) is 0 Å². The number of rotatable bonds is 4. The van der Waals surface area contributed by atoms with Crippen molar-refractivity contribution in [2.75, 3.05) is 13.1 Å². The van der Waals surface area contributed by atoms with Crippen LogP contribution in [0.4, 0.5) is 0 Å². The fourth-order valence-electron chi connectivity index (χ4n) is 3.91. The Labute approximate surface area is 127 Å². The molecule has 1 aromatic carbocycles. The van der Waals surface area contributed by atoms with E-state index < -0.39 is 0 Å². The molecule has 3 rings (SSSR count). The first-order valence-electron chi connectivity index (χ1n) is 8.30. The van der Waals surface area contributed by atoms with E-state index in [1.54, 1.807) is 0 Å². The lowest BCUT2D eigenvalue weighted by Crippen LogP contribution is -2.42. The average Bonchev–Trinajstić information content (AvgIpc) is 3.01. The number of fused-ring (bicyclic) bond motifs is 1. The summed E-state index contributed by atoms with van der Waals surface area (Å²) in [6, 6.07) is 8.30. The quantitative estimate of drug-likeness (QED) is 0.893. The molecule has 0 radical (unpaired) electrons. The van der Waals surface area contributed by atoms with Crippen LogP contribution in [-0.4, -0.2) is 19.0 Å². The Morgan fingerprint density at radius 1 is 1.33 bits per heavy atom. The van der Waals surface area contributed by atoms with Crippen LogP contribution in [0.3, 0.4) is 0 Å². The van der Waals surface area contributed by atoms with Gasteiger partial charge in [-0.2, -0.15) is 0 Å². The van der Waals surface area contributed by atoms with Gasteiger partial charge in [0.1, 0.15) is 0 Å². The smallest absolute Gasteiger partial charge is 0.228 e. The van der Waals surface area contributed by atoms with E-state index in [1.165, 1.54) is 43.2 Å². The molecule has 1 heterocycles. The van der Waals surface area contributed by atoms with Crippen LogP contribution in [0.15, 0.2) is 24.3 Å². The molecule has 114 valence electrons. The first-order chi connectivity index (χ1) is 10.2. The summed E-state index contributed by atoms with van der Waals surface area (Å²) in [6.45, 7) is 4.73. The van der Waals surface area contributed by atoms with Crippen molar-refractivity contribution in [2.45, 2.75) is 51.5 Å². The van der Waals surface area contributed by atoms with E-state index in [0.717, 1.165) is 19.6 Å². The van der Waals surface area contributed by atoms with Gasteiger partial charge in [-0.05, 0) is 35.8 Å². The molecule has 3 nitrogen and oxygen atoms in total. The molecule has 1 saturated carbocycles. The van der Waals surface area contributed by atoms with E-state index in [-0.39, 0.29) is 11.8 Å². The van der Waals surface area contributed by atoms with Crippen LogP contribution < -0.4 is 10.6 Å². The van der Waals surface area contributed by atoms with Gasteiger partial charge in [0.05, 0.1) is 5.92 Å². The highest BCUT2D eigenvalue weighted by molar-refractivity contribution is 5.84. The van der Waals surface area contributed by atoms with Crippen LogP contribution in [0.2, 0.25) is 0 Å². The van der Waals surface area contributed by atoms with Crippen molar-refractivity contribution in [3.8, 4) is 0 Å². The number of carbonyl (C=O) groups excluding carboxylic acids is 1. The van der Waals surface area contributed by atoms with Crippen molar-refractivity contribution in [1.82, 2.24) is 10.6 Å². The van der Waals surface area contributed by atoms with Gasteiger partial charge >= 0.3 is 0 Å². The summed E-state index contributed by atoms with van der Waals surface area (Å²) in [5.74, 6) is 0.152. The predicted molar refractivity (Wildman–Crippen MR) is 85.1 cm³/mol. The molecule has 1 fully saturated rings. The zero-order chi connectivity index (χ0) is 14.7. The van der Waals surface area contributed by atoms with Gasteiger partial charge in [0.25, 0.3) is 0 Å². The number of carbonyl (C=O) groups is 1.